The van der Waals surface area contributed by atoms with Crippen molar-refractivity contribution >= 4 is 7.60 Å². The van der Waals surface area contributed by atoms with Crippen LogP contribution in [0, 0.1) is 6.92 Å². The molecule has 0 radical (unpaired) electrons. The first kappa shape index (κ1) is 16.8. The first-order chi connectivity index (χ1) is 10.7. The number of hydrogen-bond acceptors (Lipinski definition) is 6. The highest BCUT2D eigenvalue weighted by atomic mass is 31.2. The fourth-order valence-corrected chi connectivity index (χ4v) is 4.49. The van der Waals surface area contributed by atoms with Crippen LogP contribution >= 0.6 is 7.60 Å². The van der Waals surface area contributed by atoms with Crippen LogP contribution in [0.15, 0.2) is 17.1 Å². The molecular weight excluding hydrogens is 326 g/mol. The van der Waals surface area contributed by atoms with Crippen LogP contribution in [0.3, 0.4) is 0 Å². The number of fused-ring (bicyclic) bond motifs is 1. The van der Waals surface area contributed by atoms with E-state index in [2.05, 4.69) is 4.98 Å². The van der Waals surface area contributed by atoms with Crippen molar-refractivity contribution in [2.24, 2.45) is 0 Å². The second-order valence-electron chi connectivity index (χ2n) is 6.21. The number of halogens is 1. The summed E-state index contributed by atoms with van der Waals surface area (Å²) >= 11 is 0. The van der Waals surface area contributed by atoms with Gasteiger partial charge in [0.1, 0.15) is 12.2 Å². The summed E-state index contributed by atoms with van der Waals surface area (Å²) in [5, 5.41) is 0. The summed E-state index contributed by atoms with van der Waals surface area (Å²) in [6, 6.07) is 1.60. The van der Waals surface area contributed by atoms with Gasteiger partial charge in [-0.05, 0) is 19.9 Å². The molecule has 0 saturated carbocycles. The number of aryl methyl sites for hydroxylation is 1. The van der Waals surface area contributed by atoms with Crippen molar-refractivity contribution in [2.45, 2.75) is 64.1 Å². The summed E-state index contributed by atoms with van der Waals surface area (Å²) in [6.07, 6.45) is -3.74. The molecule has 2 aliphatic rings. The van der Waals surface area contributed by atoms with Crippen LogP contribution in [0.1, 0.15) is 32.7 Å². The standard InChI is InChI=1S/C14H20FN2O5P/c1-7(2)23(19)21-9(4)11-12(22-23)10(15)13(20-11)17-6-5-8(3)16-14(17)18/h5-7,9-13H,1-4H3/t9?,10-,11-,12+,13-,23?/m1/s1. The first-order valence-corrected chi connectivity index (χ1v) is 9.16. The number of ether oxygens (including phenoxy) is 1. The van der Waals surface area contributed by atoms with Crippen molar-refractivity contribution in [3.05, 3.63) is 28.4 Å². The molecule has 0 aliphatic carbocycles. The van der Waals surface area contributed by atoms with Crippen molar-refractivity contribution in [1.29, 1.82) is 0 Å². The lowest BCUT2D eigenvalue weighted by molar-refractivity contribution is -0.0918. The molecule has 7 nitrogen and oxygen atoms in total. The zero-order valence-corrected chi connectivity index (χ0v) is 14.3. The number of aromatic nitrogens is 2. The van der Waals surface area contributed by atoms with Gasteiger partial charge in [-0.3, -0.25) is 13.7 Å². The summed E-state index contributed by atoms with van der Waals surface area (Å²) in [6.45, 7) is 6.73. The van der Waals surface area contributed by atoms with E-state index in [-0.39, 0.29) is 5.66 Å². The van der Waals surface area contributed by atoms with Crippen LogP contribution in [0.25, 0.3) is 0 Å². The van der Waals surface area contributed by atoms with Gasteiger partial charge in [0.15, 0.2) is 12.4 Å². The van der Waals surface area contributed by atoms with E-state index in [1.165, 1.54) is 6.20 Å². The molecule has 2 aliphatic heterocycles. The summed E-state index contributed by atoms with van der Waals surface area (Å²) in [5.41, 5.74) is -0.452. The van der Waals surface area contributed by atoms with Crippen LogP contribution in [-0.4, -0.2) is 39.7 Å². The summed E-state index contributed by atoms with van der Waals surface area (Å²) in [7, 11) is -3.41. The van der Waals surface area contributed by atoms with Gasteiger partial charge in [-0.25, -0.2) is 9.18 Å². The van der Waals surface area contributed by atoms with Crippen LogP contribution in [0.5, 0.6) is 0 Å². The Morgan fingerprint density at radius 3 is 2.65 bits per heavy atom. The molecular formula is C14H20FN2O5P. The Kier molecular flexibility index (Phi) is 4.21. The quantitative estimate of drug-likeness (QED) is 0.764. The summed E-state index contributed by atoms with van der Waals surface area (Å²) in [4.78, 5) is 15.8. The average Bonchev–Trinajstić information content (AvgIpc) is 2.77. The third-order valence-electron chi connectivity index (χ3n) is 4.13. The molecule has 0 amide bonds. The molecule has 9 heteroatoms. The van der Waals surface area contributed by atoms with E-state index in [0.717, 1.165) is 4.57 Å². The molecule has 6 atom stereocenters. The van der Waals surface area contributed by atoms with Gasteiger partial charge >= 0.3 is 13.3 Å². The van der Waals surface area contributed by atoms with E-state index in [9.17, 15) is 13.8 Å². The molecule has 1 aromatic rings. The van der Waals surface area contributed by atoms with E-state index >= 15 is 0 Å². The Morgan fingerprint density at radius 2 is 2.04 bits per heavy atom. The normalized spacial score (nSPS) is 40.3. The molecule has 23 heavy (non-hydrogen) atoms. The molecule has 2 saturated heterocycles. The molecule has 3 heterocycles. The minimum atomic E-state index is -3.41. The maximum Gasteiger partial charge on any atom is 0.349 e. The zero-order valence-electron chi connectivity index (χ0n) is 13.4. The van der Waals surface area contributed by atoms with Gasteiger partial charge < -0.3 is 9.26 Å². The molecule has 2 unspecified atom stereocenters. The topological polar surface area (TPSA) is 79.6 Å². The predicted octanol–water partition coefficient (Wildman–Crippen LogP) is 2.19. The third kappa shape index (κ3) is 2.78. The Labute approximate surface area is 133 Å². The van der Waals surface area contributed by atoms with E-state index in [0.29, 0.717) is 5.69 Å². The predicted molar refractivity (Wildman–Crippen MR) is 80.2 cm³/mol. The number of alkyl halides is 1. The molecule has 2 fully saturated rings. The Bertz CT molecular complexity index is 709. The molecule has 0 bridgehead atoms. The highest BCUT2D eigenvalue weighted by molar-refractivity contribution is 7.54. The summed E-state index contributed by atoms with van der Waals surface area (Å²) in [5.74, 6) is 0. The van der Waals surface area contributed by atoms with E-state index < -0.39 is 44.0 Å². The van der Waals surface area contributed by atoms with Crippen LogP contribution in [-0.2, 0) is 18.3 Å². The highest BCUT2D eigenvalue weighted by Crippen LogP contribution is 2.61. The van der Waals surface area contributed by atoms with Crippen molar-refractivity contribution in [3.63, 3.8) is 0 Å². The van der Waals surface area contributed by atoms with Gasteiger partial charge in [-0.1, -0.05) is 13.8 Å². The van der Waals surface area contributed by atoms with Crippen molar-refractivity contribution in [3.8, 4) is 0 Å². The van der Waals surface area contributed by atoms with Crippen LogP contribution in [0.4, 0.5) is 4.39 Å². The molecule has 0 spiro atoms. The summed E-state index contributed by atoms with van der Waals surface area (Å²) < 4.78 is 45.2. The van der Waals surface area contributed by atoms with Gasteiger partial charge in [0.05, 0.1) is 11.8 Å². The lowest BCUT2D eigenvalue weighted by Gasteiger charge is -2.37. The SMILES string of the molecule is Cc1ccn([C@@H]2O[C@@H]3C(C)OP(=O)(C(C)C)O[C@H]3[C@H]2F)c(=O)n1. The maximum absolute atomic E-state index is 14.9. The maximum atomic E-state index is 14.9. The zero-order chi connectivity index (χ0) is 16.9. The average molecular weight is 346 g/mol. The Morgan fingerprint density at radius 1 is 1.35 bits per heavy atom. The fourth-order valence-electron chi connectivity index (χ4n) is 2.79. The van der Waals surface area contributed by atoms with E-state index in [4.69, 9.17) is 13.8 Å². The second-order valence-corrected chi connectivity index (χ2v) is 8.74. The van der Waals surface area contributed by atoms with E-state index in [1.54, 1.807) is 33.8 Å². The molecule has 0 aromatic carbocycles. The van der Waals surface area contributed by atoms with Crippen molar-refractivity contribution in [2.75, 3.05) is 0 Å². The number of rotatable bonds is 2. The fraction of sp³-hybridized carbons (Fsp3) is 0.714. The lowest BCUT2D eigenvalue weighted by Crippen LogP contribution is -2.43. The van der Waals surface area contributed by atoms with Crippen LogP contribution < -0.4 is 5.69 Å². The first-order valence-electron chi connectivity index (χ1n) is 7.55. The van der Waals surface area contributed by atoms with Gasteiger partial charge in [0.2, 0.25) is 0 Å². The largest absolute Gasteiger partial charge is 0.349 e. The van der Waals surface area contributed by atoms with E-state index in [1.807, 2.05) is 0 Å². The smallest absolute Gasteiger partial charge is 0.346 e. The minimum absolute atomic E-state index is 0.388. The van der Waals surface area contributed by atoms with Gasteiger partial charge in [0.25, 0.3) is 0 Å². The number of hydrogen-bond donors (Lipinski definition) is 0. The van der Waals surface area contributed by atoms with Gasteiger partial charge in [-0.15, -0.1) is 0 Å². The highest BCUT2D eigenvalue weighted by Gasteiger charge is 2.57. The van der Waals surface area contributed by atoms with Crippen molar-refractivity contribution in [1.82, 2.24) is 9.55 Å². The van der Waals surface area contributed by atoms with Crippen molar-refractivity contribution < 1.29 is 22.7 Å². The molecule has 1 aromatic heterocycles. The molecule has 128 valence electrons. The molecule has 3 rings (SSSR count). The molecule has 0 N–H and O–H groups in total. The van der Waals surface area contributed by atoms with Crippen LogP contribution in [0.2, 0.25) is 0 Å². The minimum Gasteiger partial charge on any atom is -0.346 e. The third-order valence-corrected chi connectivity index (χ3v) is 6.56. The monoisotopic (exact) mass is 346 g/mol. The Balaban J connectivity index is 1.92. The van der Waals surface area contributed by atoms with Gasteiger partial charge in [0, 0.05) is 11.9 Å². The number of nitrogens with zero attached hydrogens (tertiary/aromatic N) is 2. The van der Waals surface area contributed by atoms with Gasteiger partial charge in [-0.2, -0.15) is 4.98 Å². The lowest BCUT2D eigenvalue weighted by atomic mass is 10.1. The Hall–Kier alpha value is -1.08. The second kappa shape index (κ2) is 5.77.